The zero-order valence-electron chi connectivity index (χ0n) is 11.6. The van der Waals surface area contributed by atoms with Crippen molar-refractivity contribution in [1.29, 1.82) is 0 Å². The average Bonchev–Trinajstić information content (AvgIpc) is 2.20. The topological polar surface area (TPSA) is 3.24 Å². The van der Waals surface area contributed by atoms with Crippen LogP contribution in [0.25, 0.3) is 0 Å². The van der Waals surface area contributed by atoms with E-state index in [0.717, 1.165) is 0 Å². The molecule has 0 spiro atoms. The molecule has 0 unspecified atom stereocenters. The van der Waals surface area contributed by atoms with Crippen molar-refractivity contribution in [1.82, 2.24) is 4.90 Å². The van der Waals surface area contributed by atoms with Gasteiger partial charge in [0.25, 0.3) is 0 Å². The van der Waals surface area contributed by atoms with E-state index in [-0.39, 0.29) is 0 Å². The van der Waals surface area contributed by atoms with E-state index >= 15 is 0 Å². The van der Waals surface area contributed by atoms with Gasteiger partial charge in [0.2, 0.25) is 0 Å². The Balaban J connectivity index is 0.000000921. The molecule has 1 heterocycles. The lowest BCUT2D eigenvalue weighted by molar-refractivity contribution is 0.212. The fraction of sp³-hybridized carbons (Fsp3) is 1.00. The Morgan fingerprint density at radius 2 is 1.47 bits per heavy atom. The van der Waals surface area contributed by atoms with E-state index in [1.54, 1.807) is 0 Å². The summed E-state index contributed by atoms with van der Waals surface area (Å²) in [4.78, 5) is 2.63. The van der Waals surface area contributed by atoms with Gasteiger partial charge in [-0.1, -0.05) is 41.0 Å². The summed E-state index contributed by atoms with van der Waals surface area (Å²) in [7, 11) is 0. The molecule has 0 saturated carbocycles. The van der Waals surface area contributed by atoms with Crippen LogP contribution in [0.5, 0.6) is 0 Å². The Labute approximate surface area is 97.2 Å². The van der Waals surface area contributed by atoms with Crippen LogP contribution < -0.4 is 0 Å². The third kappa shape index (κ3) is 8.92. The summed E-state index contributed by atoms with van der Waals surface area (Å²) in [6.07, 6.45) is 7.05. The Hall–Kier alpha value is -0.0400. The van der Waals surface area contributed by atoms with E-state index in [2.05, 4.69) is 25.7 Å². The van der Waals surface area contributed by atoms with Crippen LogP contribution in [-0.4, -0.2) is 24.5 Å². The first kappa shape index (κ1) is 15.0. The fourth-order valence-corrected chi connectivity index (χ4v) is 2.02. The standard InChI is InChI=1S/C12H25N.C2H6/c1-12(2,3)8-7-11-13-9-5-4-6-10-13;1-2/h4-11H2,1-3H3;1-2H3. The van der Waals surface area contributed by atoms with Crippen LogP contribution in [0.2, 0.25) is 0 Å². The summed E-state index contributed by atoms with van der Waals surface area (Å²) in [5, 5.41) is 0. The number of nitrogens with zero attached hydrogens (tertiary/aromatic N) is 1. The predicted molar refractivity (Wildman–Crippen MR) is 70.3 cm³/mol. The number of hydrogen-bond acceptors (Lipinski definition) is 1. The molecule has 92 valence electrons. The van der Waals surface area contributed by atoms with Crippen LogP contribution in [0, 0.1) is 5.41 Å². The molecular formula is C14H31N. The normalized spacial score (nSPS) is 18.2. The molecule has 15 heavy (non-hydrogen) atoms. The zero-order chi connectivity index (χ0) is 11.7. The van der Waals surface area contributed by atoms with Crippen LogP contribution >= 0.6 is 0 Å². The maximum absolute atomic E-state index is 2.63. The van der Waals surface area contributed by atoms with Gasteiger partial charge < -0.3 is 4.90 Å². The van der Waals surface area contributed by atoms with E-state index in [1.165, 1.54) is 51.7 Å². The third-order valence-electron chi connectivity index (χ3n) is 2.85. The minimum Gasteiger partial charge on any atom is -0.303 e. The number of rotatable bonds is 3. The largest absolute Gasteiger partial charge is 0.303 e. The van der Waals surface area contributed by atoms with Gasteiger partial charge in [-0.2, -0.15) is 0 Å². The average molecular weight is 213 g/mol. The van der Waals surface area contributed by atoms with Crippen molar-refractivity contribution in [3.8, 4) is 0 Å². The van der Waals surface area contributed by atoms with Crippen molar-refractivity contribution < 1.29 is 0 Å². The fourth-order valence-electron chi connectivity index (χ4n) is 2.02. The first-order valence-corrected chi connectivity index (χ1v) is 6.80. The molecule has 0 radical (unpaired) electrons. The third-order valence-corrected chi connectivity index (χ3v) is 2.85. The van der Waals surface area contributed by atoms with Crippen molar-refractivity contribution in [2.24, 2.45) is 5.41 Å². The lowest BCUT2D eigenvalue weighted by Gasteiger charge is -2.27. The van der Waals surface area contributed by atoms with E-state index in [0.29, 0.717) is 5.41 Å². The van der Waals surface area contributed by atoms with Crippen molar-refractivity contribution in [2.75, 3.05) is 19.6 Å². The lowest BCUT2D eigenvalue weighted by Crippen LogP contribution is -2.31. The highest BCUT2D eigenvalue weighted by Gasteiger charge is 2.12. The number of piperidine rings is 1. The van der Waals surface area contributed by atoms with Gasteiger partial charge in [0.15, 0.2) is 0 Å². The molecule has 0 amide bonds. The summed E-state index contributed by atoms with van der Waals surface area (Å²) in [6.45, 7) is 15.0. The van der Waals surface area contributed by atoms with Crippen molar-refractivity contribution in [3.63, 3.8) is 0 Å². The van der Waals surface area contributed by atoms with Gasteiger partial charge in [0.05, 0.1) is 0 Å². The molecule has 1 aliphatic rings. The molecule has 0 aromatic heterocycles. The highest BCUT2D eigenvalue weighted by molar-refractivity contribution is 4.67. The zero-order valence-corrected chi connectivity index (χ0v) is 11.6. The highest BCUT2D eigenvalue weighted by Crippen LogP contribution is 2.21. The molecule has 1 aliphatic heterocycles. The molecule has 0 bridgehead atoms. The van der Waals surface area contributed by atoms with Crippen LogP contribution in [-0.2, 0) is 0 Å². The molecule has 1 fully saturated rings. The smallest absolute Gasteiger partial charge is 0.00185 e. The molecule has 1 saturated heterocycles. The maximum atomic E-state index is 2.63. The van der Waals surface area contributed by atoms with Crippen LogP contribution in [0.4, 0.5) is 0 Å². The molecule has 0 aromatic carbocycles. The van der Waals surface area contributed by atoms with Crippen LogP contribution in [0.15, 0.2) is 0 Å². The van der Waals surface area contributed by atoms with Crippen LogP contribution in [0.3, 0.4) is 0 Å². The second-order valence-electron chi connectivity index (χ2n) is 5.57. The molecule has 0 aliphatic carbocycles. The maximum Gasteiger partial charge on any atom is -0.00185 e. The number of hydrogen-bond donors (Lipinski definition) is 0. The van der Waals surface area contributed by atoms with Gasteiger partial charge in [-0.25, -0.2) is 0 Å². The van der Waals surface area contributed by atoms with Gasteiger partial charge >= 0.3 is 0 Å². The second-order valence-corrected chi connectivity index (χ2v) is 5.57. The minimum atomic E-state index is 0.524. The first-order chi connectivity index (χ1) is 7.08. The monoisotopic (exact) mass is 213 g/mol. The summed E-state index contributed by atoms with van der Waals surface area (Å²) >= 11 is 0. The molecule has 0 atom stereocenters. The van der Waals surface area contributed by atoms with Gasteiger partial charge in [-0.15, -0.1) is 0 Å². The molecule has 0 N–H and O–H groups in total. The summed E-state index contributed by atoms with van der Waals surface area (Å²) in [6, 6.07) is 0. The highest BCUT2D eigenvalue weighted by atomic mass is 15.1. The van der Waals surface area contributed by atoms with E-state index < -0.39 is 0 Å². The van der Waals surface area contributed by atoms with Crippen molar-refractivity contribution >= 4 is 0 Å². The van der Waals surface area contributed by atoms with Gasteiger partial charge in [-0.05, 0) is 50.7 Å². The molecule has 1 nitrogen and oxygen atoms in total. The van der Waals surface area contributed by atoms with Gasteiger partial charge in [-0.3, -0.25) is 0 Å². The number of likely N-dealkylation sites (tertiary alicyclic amines) is 1. The Morgan fingerprint density at radius 3 is 1.93 bits per heavy atom. The van der Waals surface area contributed by atoms with Gasteiger partial charge in [0.1, 0.15) is 0 Å². The van der Waals surface area contributed by atoms with Crippen molar-refractivity contribution in [2.45, 2.75) is 66.7 Å². The summed E-state index contributed by atoms with van der Waals surface area (Å²) in [5.41, 5.74) is 0.524. The van der Waals surface area contributed by atoms with E-state index in [4.69, 9.17) is 0 Å². The SMILES string of the molecule is CC.CC(C)(C)CCCN1CCCCC1. The molecule has 1 heteroatoms. The Kier molecular flexibility index (Phi) is 8.13. The van der Waals surface area contributed by atoms with Crippen molar-refractivity contribution in [3.05, 3.63) is 0 Å². The quantitative estimate of drug-likeness (QED) is 0.674. The Morgan fingerprint density at radius 1 is 0.933 bits per heavy atom. The van der Waals surface area contributed by atoms with E-state index in [1.807, 2.05) is 13.8 Å². The summed E-state index contributed by atoms with van der Waals surface area (Å²) < 4.78 is 0. The molecular weight excluding hydrogens is 182 g/mol. The second kappa shape index (κ2) is 8.15. The van der Waals surface area contributed by atoms with E-state index in [9.17, 15) is 0 Å². The minimum absolute atomic E-state index is 0.524. The lowest BCUT2D eigenvalue weighted by atomic mass is 9.90. The Bertz CT molecular complexity index is 129. The first-order valence-electron chi connectivity index (χ1n) is 6.80. The summed E-state index contributed by atoms with van der Waals surface area (Å²) in [5.74, 6) is 0. The predicted octanol–water partition coefficient (Wildman–Crippen LogP) is 4.32. The molecule has 1 rings (SSSR count). The van der Waals surface area contributed by atoms with Crippen LogP contribution in [0.1, 0.15) is 66.7 Å². The van der Waals surface area contributed by atoms with Gasteiger partial charge in [0, 0.05) is 0 Å². The molecule has 0 aromatic rings.